The summed E-state index contributed by atoms with van der Waals surface area (Å²) in [6.07, 6.45) is -1.06. The standard InChI is InChI=1S/C20H22F2N4O3S/c1-28-11-9-25(13-17(21)22)18(27)14-30-20-24-23-19(16-8-5-10-29-16)26(20)12-15-6-3-2-4-7-15/h2-8,10,17H,9,11-14H2,1H3. The minimum absolute atomic E-state index is 0.0402. The molecule has 0 N–H and O–H groups in total. The maximum absolute atomic E-state index is 12.8. The van der Waals surface area contributed by atoms with Gasteiger partial charge in [-0.1, -0.05) is 42.1 Å². The van der Waals surface area contributed by atoms with E-state index in [4.69, 9.17) is 9.15 Å². The Morgan fingerprint density at radius 2 is 2.03 bits per heavy atom. The van der Waals surface area contributed by atoms with E-state index >= 15 is 0 Å². The Hall–Kier alpha value is -2.72. The van der Waals surface area contributed by atoms with E-state index in [0.717, 1.165) is 22.2 Å². The summed E-state index contributed by atoms with van der Waals surface area (Å²) >= 11 is 1.15. The molecule has 0 radical (unpaired) electrons. The lowest BCUT2D eigenvalue weighted by Gasteiger charge is -2.21. The molecule has 1 aromatic carbocycles. The average molecular weight is 436 g/mol. The van der Waals surface area contributed by atoms with Gasteiger partial charge in [0.1, 0.15) is 0 Å². The maximum atomic E-state index is 12.8. The number of furan rings is 1. The van der Waals surface area contributed by atoms with Gasteiger partial charge in [-0.15, -0.1) is 10.2 Å². The number of aromatic nitrogens is 3. The van der Waals surface area contributed by atoms with Crippen LogP contribution in [0.3, 0.4) is 0 Å². The predicted octanol–water partition coefficient (Wildman–Crippen LogP) is 3.42. The molecule has 0 unspecified atom stereocenters. The van der Waals surface area contributed by atoms with Crippen molar-refractivity contribution < 1.29 is 22.7 Å². The first kappa shape index (κ1) is 22.0. The van der Waals surface area contributed by atoms with Gasteiger partial charge in [-0.25, -0.2) is 8.78 Å². The van der Waals surface area contributed by atoms with Crippen LogP contribution in [0.15, 0.2) is 58.3 Å². The highest BCUT2D eigenvalue weighted by Gasteiger charge is 2.21. The molecule has 0 aliphatic heterocycles. The van der Waals surface area contributed by atoms with Crippen molar-refractivity contribution in [2.24, 2.45) is 0 Å². The first-order chi connectivity index (χ1) is 14.6. The van der Waals surface area contributed by atoms with E-state index in [1.54, 1.807) is 18.4 Å². The molecule has 0 saturated heterocycles. The number of hydrogen-bond acceptors (Lipinski definition) is 6. The summed E-state index contributed by atoms with van der Waals surface area (Å²) in [5.41, 5.74) is 1.03. The monoisotopic (exact) mass is 436 g/mol. The largest absolute Gasteiger partial charge is 0.461 e. The van der Waals surface area contributed by atoms with Gasteiger partial charge in [-0.05, 0) is 17.7 Å². The minimum atomic E-state index is -2.61. The molecule has 0 aliphatic rings. The van der Waals surface area contributed by atoms with Crippen molar-refractivity contribution in [3.8, 4) is 11.6 Å². The van der Waals surface area contributed by atoms with E-state index in [-0.39, 0.29) is 18.9 Å². The van der Waals surface area contributed by atoms with Gasteiger partial charge < -0.3 is 14.1 Å². The van der Waals surface area contributed by atoms with Crippen molar-refractivity contribution in [1.29, 1.82) is 0 Å². The summed E-state index contributed by atoms with van der Waals surface area (Å²) in [6.45, 7) is 0.145. The maximum Gasteiger partial charge on any atom is 0.255 e. The third-order valence-electron chi connectivity index (χ3n) is 4.24. The Labute approximate surface area is 177 Å². The second-order valence-corrected chi connectivity index (χ2v) is 7.31. The van der Waals surface area contributed by atoms with E-state index in [1.165, 1.54) is 7.11 Å². The summed E-state index contributed by atoms with van der Waals surface area (Å²) in [7, 11) is 1.46. The third-order valence-corrected chi connectivity index (χ3v) is 5.19. The smallest absolute Gasteiger partial charge is 0.255 e. The van der Waals surface area contributed by atoms with Crippen molar-refractivity contribution >= 4 is 17.7 Å². The molecule has 10 heteroatoms. The van der Waals surface area contributed by atoms with Crippen LogP contribution in [-0.4, -0.2) is 64.6 Å². The summed E-state index contributed by atoms with van der Waals surface area (Å²) in [5, 5.41) is 8.91. The summed E-state index contributed by atoms with van der Waals surface area (Å²) in [6, 6.07) is 13.3. The van der Waals surface area contributed by atoms with Gasteiger partial charge in [-0.2, -0.15) is 0 Å². The number of alkyl halides is 2. The van der Waals surface area contributed by atoms with Crippen LogP contribution in [0.5, 0.6) is 0 Å². The number of amides is 1. The van der Waals surface area contributed by atoms with E-state index < -0.39 is 18.9 Å². The Kier molecular flexibility index (Phi) is 7.97. The highest BCUT2D eigenvalue weighted by atomic mass is 32.2. The second kappa shape index (κ2) is 10.9. The van der Waals surface area contributed by atoms with Gasteiger partial charge in [0.15, 0.2) is 10.9 Å². The zero-order valence-corrected chi connectivity index (χ0v) is 17.2. The summed E-state index contributed by atoms with van der Waals surface area (Å²) in [4.78, 5) is 13.6. The molecule has 2 aromatic heterocycles. The fourth-order valence-corrected chi connectivity index (χ4v) is 3.64. The van der Waals surface area contributed by atoms with Crippen LogP contribution < -0.4 is 0 Å². The third kappa shape index (κ3) is 5.90. The van der Waals surface area contributed by atoms with E-state index in [2.05, 4.69) is 10.2 Å². The van der Waals surface area contributed by atoms with Crippen LogP contribution in [0.4, 0.5) is 8.78 Å². The zero-order chi connectivity index (χ0) is 21.3. The number of carbonyl (C=O) groups excluding carboxylic acids is 1. The van der Waals surface area contributed by atoms with E-state index in [9.17, 15) is 13.6 Å². The fourth-order valence-electron chi connectivity index (χ4n) is 2.80. The van der Waals surface area contributed by atoms with Crippen molar-refractivity contribution in [2.45, 2.75) is 18.1 Å². The number of hydrogen-bond donors (Lipinski definition) is 0. The lowest BCUT2D eigenvalue weighted by Crippen LogP contribution is -2.38. The number of rotatable bonds is 11. The molecule has 30 heavy (non-hydrogen) atoms. The predicted molar refractivity (Wildman–Crippen MR) is 108 cm³/mol. The molecule has 0 spiro atoms. The molecular weight excluding hydrogens is 414 g/mol. The van der Waals surface area contributed by atoms with Crippen LogP contribution in [-0.2, 0) is 16.1 Å². The first-order valence-corrected chi connectivity index (χ1v) is 10.3. The molecule has 0 bridgehead atoms. The van der Waals surface area contributed by atoms with Crippen molar-refractivity contribution in [2.75, 3.05) is 32.6 Å². The van der Waals surface area contributed by atoms with E-state index in [1.807, 2.05) is 34.9 Å². The number of nitrogens with zero attached hydrogens (tertiary/aromatic N) is 4. The first-order valence-electron chi connectivity index (χ1n) is 9.27. The summed E-state index contributed by atoms with van der Waals surface area (Å²) < 4.78 is 37.9. The van der Waals surface area contributed by atoms with Crippen molar-refractivity contribution in [3.05, 3.63) is 54.3 Å². The van der Waals surface area contributed by atoms with E-state index in [0.29, 0.717) is 23.3 Å². The highest BCUT2D eigenvalue weighted by Crippen LogP contribution is 2.25. The van der Waals surface area contributed by atoms with Crippen LogP contribution in [0, 0.1) is 0 Å². The van der Waals surface area contributed by atoms with Crippen LogP contribution in [0.1, 0.15) is 5.56 Å². The van der Waals surface area contributed by atoms with Crippen LogP contribution in [0.25, 0.3) is 11.6 Å². The molecule has 7 nitrogen and oxygen atoms in total. The number of halogens is 2. The summed E-state index contributed by atoms with van der Waals surface area (Å²) in [5.74, 6) is 0.631. The molecule has 3 aromatic rings. The minimum Gasteiger partial charge on any atom is -0.461 e. The molecule has 0 fully saturated rings. The number of methoxy groups -OCH3 is 1. The number of carbonyl (C=O) groups is 1. The Balaban J connectivity index is 1.77. The van der Waals surface area contributed by atoms with Gasteiger partial charge in [0, 0.05) is 13.7 Å². The highest BCUT2D eigenvalue weighted by molar-refractivity contribution is 7.99. The number of ether oxygens (including phenoxy) is 1. The van der Waals surface area contributed by atoms with Crippen molar-refractivity contribution in [3.63, 3.8) is 0 Å². The molecule has 2 heterocycles. The SMILES string of the molecule is COCCN(CC(F)F)C(=O)CSc1nnc(-c2ccco2)n1Cc1ccccc1. The topological polar surface area (TPSA) is 73.4 Å². The number of benzene rings is 1. The fraction of sp³-hybridized carbons (Fsp3) is 0.350. The zero-order valence-electron chi connectivity index (χ0n) is 16.4. The van der Waals surface area contributed by atoms with Gasteiger partial charge in [0.25, 0.3) is 6.43 Å². The van der Waals surface area contributed by atoms with Crippen LogP contribution >= 0.6 is 11.8 Å². The molecule has 3 rings (SSSR count). The molecule has 0 atom stereocenters. The number of thioether (sulfide) groups is 1. The Morgan fingerprint density at radius 1 is 1.23 bits per heavy atom. The average Bonchev–Trinajstić information content (AvgIpc) is 3.40. The normalized spacial score (nSPS) is 11.2. The lowest BCUT2D eigenvalue weighted by atomic mass is 10.2. The molecule has 160 valence electrons. The molecule has 0 aliphatic carbocycles. The molecule has 1 amide bonds. The second-order valence-electron chi connectivity index (χ2n) is 6.37. The Morgan fingerprint density at radius 3 is 2.70 bits per heavy atom. The Bertz CT molecular complexity index is 920. The lowest BCUT2D eigenvalue weighted by molar-refractivity contribution is -0.131. The van der Waals surface area contributed by atoms with Gasteiger partial charge in [0.2, 0.25) is 11.7 Å². The van der Waals surface area contributed by atoms with Gasteiger partial charge in [0.05, 0.1) is 31.7 Å². The van der Waals surface area contributed by atoms with Gasteiger partial charge in [-0.3, -0.25) is 9.36 Å². The molecular formula is C20H22F2N4O3S. The molecule has 0 saturated carbocycles. The van der Waals surface area contributed by atoms with Crippen LogP contribution in [0.2, 0.25) is 0 Å². The van der Waals surface area contributed by atoms with Gasteiger partial charge >= 0.3 is 0 Å². The van der Waals surface area contributed by atoms with Crippen molar-refractivity contribution in [1.82, 2.24) is 19.7 Å². The quantitative estimate of drug-likeness (QED) is 0.429.